The van der Waals surface area contributed by atoms with E-state index in [0.29, 0.717) is 12.2 Å². The number of hydrogen-bond donors (Lipinski definition) is 1. The summed E-state index contributed by atoms with van der Waals surface area (Å²) in [6.45, 7) is 1.55. The predicted octanol–water partition coefficient (Wildman–Crippen LogP) is 2.47. The fraction of sp³-hybridized carbons (Fsp3) is 0.231. The van der Waals surface area contributed by atoms with Gasteiger partial charge in [0, 0.05) is 12.7 Å². The van der Waals surface area contributed by atoms with Crippen LogP contribution in [0.25, 0.3) is 6.08 Å². The van der Waals surface area contributed by atoms with Gasteiger partial charge in [-0.3, -0.25) is 9.59 Å². The van der Waals surface area contributed by atoms with Crippen LogP contribution in [-0.2, 0) is 16.0 Å². The number of para-hydroxylation sites is 1. The standard InChI is InChI=1S/C13H13NO2S/c1-9(15)17-7-3-6-10-4-2-5-11-8-12(16)14-13(10)11/h2-6H,7-8H2,1H3,(H,14,16). The number of anilines is 1. The molecule has 1 heterocycles. The SMILES string of the molecule is CC(=O)SCC=Cc1cccc2c1NC(=O)C2. The van der Waals surface area contributed by atoms with E-state index in [1.165, 1.54) is 11.8 Å². The van der Waals surface area contributed by atoms with Crippen molar-refractivity contribution in [3.63, 3.8) is 0 Å². The number of benzene rings is 1. The van der Waals surface area contributed by atoms with Crippen LogP contribution in [0.3, 0.4) is 0 Å². The van der Waals surface area contributed by atoms with E-state index < -0.39 is 0 Å². The predicted molar refractivity (Wildman–Crippen MR) is 70.9 cm³/mol. The maximum atomic E-state index is 11.3. The second-order valence-electron chi connectivity index (χ2n) is 3.81. The van der Waals surface area contributed by atoms with Crippen LogP contribution in [0, 0.1) is 0 Å². The average molecular weight is 247 g/mol. The highest BCUT2D eigenvalue weighted by Gasteiger charge is 2.18. The van der Waals surface area contributed by atoms with Crippen LogP contribution in [0.15, 0.2) is 24.3 Å². The zero-order valence-corrected chi connectivity index (χ0v) is 10.3. The Morgan fingerprint density at radius 1 is 1.53 bits per heavy atom. The third kappa shape index (κ3) is 2.97. The molecular formula is C13H13NO2S. The fourth-order valence-electron chi connectivity index (χ4n) is 1.76. The van der Waals surface area contributed by atoms with Crippen LogP contribution in [0.1, 0.15) is 18.1 Å². The molecule has 1 aromatic carbocycles. The van der Waals surface area contributed by atoms with E-state index in [2.05, 4.69) is 5.32 Å². The second kappa shape index (κ2) is 5.19. The third-order valence-electron chi connectivity index (χ3n) is 2.48. The summed E-state index contributed by atoms with van der Waals surface area (Å²) in [5.41, 5.74) is 2.94. The lowest BCUT2D eigenvalue weighted by molar-refractivity contribution is -0.115. The summed E-state index contributed by atoms with van der Waals surface area (Å²) in [6, 6.07) is 5.85. The first-order chi connectivity index (χ1) is 8.16. The number of carbonyl (C=O) groups excluding carboxylic acids is 2. The highest BCUT2D eigenvalue weighted by Crippen LogP contribution is 2.27. The Kier molecular flexibility index (Phi) is 3.64. The van der Waals surface area contributed by atoms with Crippen molar-refractivity contribution in [1.82, 2.24) is 0 Å². The van der Waals surface area contributed by atoms with Crippen molar-refractivity contribution in [2.45, 2.75) is 13.3 Å². The Balaban J connectivity index is 2.10. The van der Waals surface area contributed by atoms with Gasteiger partial charge in [-0.05, 0) is 11.1 Å². The number of carbonyl (C=O) groups is 2. The fourth-order valence-corrected chi connectivity index (χ4v) is 2.18. The molecule has 0 bridgehead atoms. The molecule has 17 heavy (non-hydrogen) atoms. The number of amides is 1. The maximum Gasteiger partial charge on any atom is 0.228 e. The van der Waals surface area contributed by atoms with E-state index >= 15 is 0 Å². The van der Waals surface area contributed by atoms with Gasteiger partial charge in [0.05, 0.1) is 12.1 Å². The van der Waals surface area contributed by atoms with Gasteiger partial charge in [0.25, 0.3) is 0 Å². The Bertz CT molecular complexity index is 494. The molecule has 0 fully saturated rings. The quantitative estimate of drug-likeness (QED) is 0.892. The van der Waals surface area contributed by atoms with Crippen molar-refractivity contribution in [3.8, 4) is 0 Å². The first kappa shape index (κ1) is 11.9. The summed E-state index contributed by atoms with van der Waals surface area (Å²) >= 11 is 1.27. The van der Waals surface area contributed by atoms with Gasteiger partial charge in [-0.15, -0.1) is 0 Å². The van der Waals surface area contributed by atoms with Gasteiger partial charge in [0.1, 0.15) is 0 Å². The van der Waals surface area contributed by atoms with Crippen molar-refractivity contribution >= 4 is 34.5 Å². The molecule has 1 aromatic rings. The molecule has 0 aliphatic carbocycles. The largest absolute Gasteiger partial charge is 0.325 e. The highest BCUT2D eigenvalue weighted by molar-refractivity contribution is 8.13. The first-order valence-corrected chi connectivity index (χ1v) is 6.37. The number of fused-ring (bicyclic) bond motifs is 1. The smallest absolute Gasteiger partial charge is 0.228 e. The summed E-state index contributed by atoms with van der Waals surface area (Å²) in [7, 11) is 0. The summed E-state index contributed by atoms with van der Waals surface area (Å²) in [4.78, 5) is 22.0. The van der Waals surface area contributed by atoms with Gasteiger partial charge in [-0.2, -0.15) is 0 Å². The van der Waals surface area contributed by atoms with Crippen molar-refractivity contribution in [2.24, 2.45) is 0 Å². The van der Waals surface area contributed by atoms with E-state index in [1.807, 2.05) is 30.4 Å². The van der Waals surface area contributed by atoms with Gasteiger partial charge in [-0.1, -0.05) is 42.1 Å². The van der Waals surface area contributed by atoms with E-state index in [-0.39, 0.29) is 11.0 Å². The minimum Gasteiger partial charge on any atom is -0.325 e. The lowest BCUT2D eigenvalue weighted by Crippen LogP contribution is -2.04. The summed E-state index contributed by atoms with van der Waals surface area (Å²) in [5, 5.41) is 2.96. The monoisotopic (exact) mass is 247 g/mol. The molecule has 0 aromatic heterocycles. The maximum absolute atomic E-state index is 11.3. The zero-order valence-electron chi connectivity index (χ0n) is 9.53. The first-order valence-electron chi connectivity index (χ1n) is 5.38. The molecule has 88 valence electrons. The molecule has 0 saturated carbocycles. The van der Waals surface area contributed by atoms with Gasteiger partial charge in [-0.25, -0.2) is 0 Å². The molecule has 0 spiro atoms. The molecule has 4 heteroatoms. The van der Waals surface area contributed by atoms with E-state index in [1.54, 1.807) is 6.92 Å². The Morgan fingerprint density at radius 3 is 3.12 bits per heavy atom. The van der Waals surface area contributed by atoms with Crippen molar-refractivity contribution < 1.29 is 9.59 Å². The lowest BCUT2D eigenvalue weighted by Gasteiger charge is -2.02. The van der Waals surface area contributed by atoms with Crippen LogP contribution in [0.4, 0.5) is 5.69 Å². The number of thioether (sulfide) groups is 1. The minimum atomic E-state index is 0.0407. The Labute approximate surface area is 104 Å². The van der Waals surface area contributed by atoms with Crippen LogP contribution in [0.5, 0.6) is 0 Å². The molecule has 1 aliphatic heterocycles. The molecule has 3 nitrogen and oxygen atoms in total. The Morgan fingerprint density at radius 2 is 2.35 bits per heavy atom. The zero-order chi connectivity index (χ0) is 12.3. The molecule has 0 atom stereocenters. The van der Waals surface area contributed by atoms with E-state index in [4.69, 9.17) is 0 Å². The van der Waals surface area contributed by atoms with Gasteiger partial charge >= 0.3 is 0 Å². The van der Waals surface area contributed by atoms with Crippen LogP contribution in [0.2, 0.25) is 0 Å². The molecule has 0 unspecified atom stereocenters. The molecular weight excluding hydrogens is 234 g/mol. The van der Waals surface area contributed by atoms with Crippen LogP contribution in [-0.4, -0.2) is 16.8 Å². The second-order valence-corrected chi connectivity index (χ2v) is 5.01. The summed E-state index contributed by atoms with van der Waals surface area (Å²) in [5.74, 6) is 0.700. The molecule has 2 rings (SSSR count). The lowest BCUT2D eigenvalue weighted by atomic mass is 10.1. The molecule has 0 saturated heterocycles. The summed E-state index contributed by atoms with van der Waals surface area (Å²) in [6.07, 6.45) is 4.34. The third-order valence-corrected chi connectivity index (χ3v) is 3.24. The van der Waals surface area contributed by atoms with Crippen LogP contribution < -0.4 is 5.32 Å². The summed E-state index contributed by atoms with van der Waals surface area (Å²) < 4.78 is 0. The number of nitrogens with one attached hydrogen (secondary N) is 1. The van der Waals surface area contributed by atoms with E-state index in [0.717, 1.165) is 16.8 Å². The van der Waals surface area contributed by atoms with Crippen molar-refractivity contribution in [1.29, 1.82) is 0 Å². The normalized spacial score (nSPS) is 13.8. The van der Waals surface area contributed by atoms with E-state index in [9.17, 15) is 9.59 Å². The number of hydrogen-bond acceptors (Lipinski definition) is 3. The Hall–Kier alpha value is -1.55. The van der Waals surface area contributed by atoms with Crippen LogP contribution >= 0.6 is 11.8 Å². The molecule has 1 N–H and O–H groups in total. The van der Waals surface area contributed by atoms with Gasteiger partial charge in [0.2, 0.25) is 5.91 Å². The van der Waals surface area contributed by atoms with Crippen molar-refractivity contribution in [3.05, 3.63) is 35.4 Å². The minimum absolute atomic E-state index is 0.0407. The number of rotatable bonds is 3. The molecule has 1 aliphatic rings. The highest BCUT2D eigenvalue weighted by atomic mass is 32.2. The average Bonchev–Trinajstić information content (AvgIpc) is 2.65. The van der Waals surface area contributed by atoms with Gasteiger partial charge < -0.3 is 5.32 Å². The van der Waals surface area contributed by atoms with Gasteiger partial charge in [0.15, 0.2) is 5.12 Å². The van der Waals surface area contributed by atoms with Crippen molar-refractivity contribution in [2.75, 3.05) is 11.1 Å². The molecule has 0 radical (unpaired) electrons. The topological polar surface area (TPSA) is 46.2 Å². The molecule has 1 amide bonds.